The molecule has 0 bridgehead atoms. The zero-order chi connectivity index (χ0) is 16.2. The van der Waals surface area contributed by atoms with Crippen LogP contribution >= 0.6 is 0 Å². The van der Waals surface area contributed by atoms with Crippen LogP contribution in [-0.2, 0) is 14.8 Å². The highest BCUT2D eigenvalue weighted by Gasteiger charge is 2.32. The largest absolute Gasteiger partial charge is 0.480 e. The van der Waals surface area contributed by atoms with E-state index in [1.807, 2.05) is 0 Å². The van der Waals surface area contributed by atoms with Crippen molar-refractivity contribution in [3.63, 3.8) is 0 Å². The summed E-state index contributed by atoms with van der Waals surface area (Å²) in [5, 5.41) is 19.8. The Labute approximate surface area is 122 Å². The number of aliphatic carboxylic acids is 1. The summed E-state index contributed by atoms with van der Waals surface area (Å²) in [7, 11) is -4.26. The highest BCUT2D eigenvalue weighted by atomic mass is 32.2. The van der Waals surface area contributed by atoms with Crippen LogP contribution in [0.2, 0.25) is 0 Å². The first kappa shape index (κ1) is 17.1. The van der Waals surface area contributed by atoms with Gasteiger partial charge in [-0.2, -0.15) is 4.31 Å². The maximum Gasteiger partial charge on any atom is 0.318 e. The molecule has 8 nitrogen and oxygen atoms in total. The van der Waals surface area contributed by atoms with Crippen LogP contribution in [0.15, 0.2) is 29.2 Å². The van der Waals surface area contributed by atoms with Crippen molar-refractivity contribution in [3.8, 4) is 0 Å². The number of nitro benzene ring substituents is 1. The lowest BCUT2D eigenvalue weighted by atomic mass is 10.2. The number of carboxylic acids is 1. The number of carbonyl (C=O) groups is 1. The summed E-state index contributed by atoms with van der Waals surface area (Å²) in [4.78, 5) is 20.5. The monoisotopic (exact) mass is 316 g/mol. The Kier molecular flexibility index (Phi) is 5.39. The van der Waals surface area contributed by atoms with Gasteiger partial charge < -0.3 is 5.11 Å². The van der Waals surface area contributed by atoms with E-state index >= 15 is 0 Å². The molecule has 116 valence electrons. The van der Waals surface area contributed by atoms with Crippen LogP contribution in [0.5, 0.6) is 0 Å². The van der Waals surface area contributed by atoms with Gasteiger partial charge in [-0.3, -0.25) is 14.9 Å². The van der Waals surface area contributed by atoms with Gasteiger partial charge in [-0.05, 0) is 12.0 Å². The maximum absolute atomic E-state index is 12.5. The molecule has 0 heterocycles. The fourth-order valence-corrected chi connectivity index (χ4v) is 3.48. The number of hydrogen-bond donors (Lipinski definition) is 1. The first-order chi connectivity index (χ1) is 9.66. The minimum absolute atomic E-state index is 0.0410. The summed E-state index contributed by atoms with van der Waals surface area (Å²) in [6, 6.07) is 4.87. The molecule has 0 fully saturated rings. The molecule has 0 spiro atoms. The first-order valence-corrected chi connectivity index (χ1v) is 7.55. The number of nitrogens with zero attached hydrogens (tertiary/aromatic N) is 2. The van der Waals surface area contributed by atoms with Gasteiger partial charge in [-0.1, -0.05) is 26.0 Å². The fraction of sp³-hybridized carbons (Fsp3) is 0.417. The van der Waals surface area contributed by atoms with E-state index < -0.39 is 38.0 Å². The Balaban J connectivity index is 3.35. The van der Waals surface area contributed by atoms with E-state index in [0.29, 0.717) is 0 Å². The van der Waals surface area contributed by atoms with E-state index in [9.17, 15) is 23.3 Å². The van der Waals surface area contributed by atoms with Crippen molar-refractivity contribution in [2.24, 2.45) is 5.92 Å². The molecule has 0 aromatic heterocycles. The summed E-state index contributed by atoms with van der Waals surface area (Å²) < 4.78 is 25.7. The second-order valence-corrected chi connectivity index (χ2v) is 6.72. The molecule has 1 aromatic carbocycles. The number of benzene rings is 1. The number of hydrogen-bond acceptors (Lipinski definition) is 5. The van der Waals surface area contributed by atoms with Crippen LogP contribution in [-0.4, -0.2) is 41.8 Å². The Morgan fingerprint density at radius 2 is 1.95 bits per heavy atom. The maximum atomic E-state index is 12.5. The van der Waals surface area contributed by atoms with E-state index in [2.05, 4.69) is 0 Å². The molecule has 1 aromatic rings. The van der Waals surface area contributed by atoms with Gasteiger partial charge >= 0.3 is 5.97 Å². The Morgan fingerprint density at radius 1 is 1.38 bits per heavy atom. The number of carboxylic acid groups (broad SMARTS) is 1. The summed E-state index contributed by atoms with van der Waals surface area (Å²) in [5.41, 5.74) is -0.573. The lowest BCUT2D eigenvalue weighted by molar-refractivity contribution is -0.387. The lowest BCUT2D eigenvalue weighted by Crippen LogP contribution is -2.38. The van der Waals surface area contributed by atoms with Crippen molar-refractivity contribution in [2.45, 2.75) is 18.7 Å². The quantitative estimate of drug-likeness (QED) is 0.599. The summed E-state index contributed by atoms with van der Waals surface area (Å²) in [6.45, 7) is 2.67. The third kappa shape index (κ3) is 4.23. The first-order valence-electron chi connectivity index (χ1n) is 6.11. The molecule has 0 radical (unpaired) electrons. The predicted molar refractivity (Wildman–Crippen MR) is 74.3 cm³/mol. The van der Waals surface area contributed by atoms with Crippen molar-refractivity contribution in [1.82, 2.24) is 4.31 Å². The van der Waals surface area contributed by atoms with Gasteiger partial charge in [0.25, 0.3) is 5.69 Å². The normalized spacial score (nSPS) is 11.8. The number of sulfonamides is 1. The molecule has 0 aliphatic carbocycles. The van der Waals surface area contributed by atoms with E-state index in [-0.39, 0.29) is 12.5 Å². The topological polar surface area (TPSA) is 118 Å². The third-order valence-corrected chi connectivity index (χ3v) is 4.42. The van der Waals surface area contributed by atoms with Gasteiger partial charge in [0.15, 0.2) is 4.90 Å². The van der Waals surface area contributed by atoms with Gasteiger partial charge in [0, 0.05) is 12.6 Å². The SMILES string of the molecule is CC(C)CN(CC(=O)O)S(=O)(=O)c1ccccc1[N+](=O)[O-]. The molecule has 0 saturated carbocycles. The minimum Gasteiger partial charge on any atom is -0.480 e. The van der Waals surface area contributed by atoms with Crippen LogP contribution in [0, 0.1) is 16.0 Å². The highest BCUT2D eigenvalue weighted by Crippen LogP contribution is 2.26. The number of rotatable bonds is 7. The molecule has 1 N–H and O–H groups in total. The molecule has 0 atom stereocenters. The van der Waals surface area contributed by atoms with E-state index in [0.717, 1.165) is 16.4 Å². The van der Waals surface area contributed by atoms with Gasteiger partial charge in [0.1, 0.15) is 6.54 Å². The molecule has 9 heteroatoms. The fourth-order valence-electron chi connectivity index (χ4n) is 1.77. The molecule has 0 unspecified atom stereocenters. The van der Waals surface area contributed by atoms with E-state index in [1.165, 1.54) is 12.1 Å². The average molecular weight is 316 g/mol. The lowest BCUT2D eigenvalue weighted by Gasteiger charge is -2.22. The van der Waals surface area contributed by atoms with Crippen molar-refractivity contribution in [2.75, 3.05) is 13.1 Å². The number of para-hydroxylation sites is 1. The second kappa shape index (κ2) is 6.64. The van der Waals surface area contributed by atoms with Crippen LogP contribution in [0.25, 0.3) is 0 Å². The Morgan fingerprint density at radius 3 is 2.43 bits per heavy atom. The van der Waals surface area contributed by atoms with Gasteiger partial charge in [0.05, 0.1) is 4.92 Å². The molecule has 0 aliphatic heterocycles. The number of nitro groups is 1. The minimum atomic E-state index is -4.26. The molecular formula is C12H16N2O6S. The summed E-state index contributed by atoms with van der Waals surface area (Å²) in [5.74, 6) is -1.44. The zero-order valence-corrected chi connectivity index (χ0v) is 12.4. The molecule has 0 aliphatic rings. The van der Waals surface area contributed by atoms with Crippen LogP contribution in [0.4, 0.5) is 5.69 Å². The molecule has 0 saturated heterocycles. The second-order valence-electron chi connectivity index (χ2n) is 4.81. The van der Waals surface area contributed by atoms with Crippen LogP contribution < -0.4 is 0 Å². The Bertz CT molecular complexity index is 641. The van der Waals surface area contributed by atoms with Gasteiger partial charge in [-0.25, -0.2) is 8.42 Å². The van der Waals surface area contributed by atoms with Gasteiger partial charge in [0.2, 0.25) is 10.0 Å². The third-order valence-electron chi connectivity index (χ3n) is 2.56. The van der Waals surface area contributed by atoms with Gasteiger partial charge in [-0.15, -0.1) is 0 Å². The zero-order valence-electron chi connectivity index (χ0n) is 11.6. The smallest absolute Gasteiger partial charge is 0.318 e. The van der Waals surface area contributed by atoms with Crippen LogP contribution in [0.1, 0.15) is 13.8 Å². The molecular weight excluding hydrogens is 300 g/mol. The molecule has 1 rings (SSSR count). The van der Waals surface area contributed by atoms with Crippen molar-refractivity contribution < 1.29 is 23.2 Å². The average Bonchev–Trinajstić information content (AvgIpc) is 2.36. The predicted octanol–water partition coefficient (Wildman–Crippen LogP) is 1.33. The molecule has 0 amide bonds. The summed E-state index contributed by atoms with van der Waals surface area (Å²) >= 11 is 0. The van der Waals surface area contributed by atoms with Crippen LogP contribution in [0.3, 0.4) is 0 Å². The van der Waals surface area contributed by atoms with E-state index in [1.54, 1.807) is 13.8 Å². The van der Waals surface area contributed by atoms with Crippen molar-refractivity contribution in [1.29, 1.82) is 0 Å². The van der Waals surface area contributed by atoms with Crippen molar-refractivity contribution >= 4 is 21.7 Å². The highest BCUT2D eigenvalue weighted by molar-refractivity contribution is 7.89. The summed E-state index contributed by atoms with van der Waals surface area (Å²) in [6.07, 6.45) is 0. The standard InChI is InChI=1S/C12H16N2O6S/c1-9(2)7-13(8-12(15)16)21(19,20)11-6-4-3-5-10(11)14(17)18/h3-6,9H,7-8H2,1-2H3,(H,15,16). The molecule has 21 heavy (non-hydrogen) atoms. The Hall–Kier alpha value is -2.00. The van der Waals surface area contributed by atoms with E-state index in [4.69, 9.17) is 5.11 Å². The van der Waals surface area contributed by atoms with Crippen molar-refractivity contribution in [3.05, 3.63) is 34.4 Å².